The number of hydrogen-bond acceptors (Lipinski definition) is 2. The Bertz CT molecular complexity index is 358. The Morgan fingerprint density at radius 1 is 1.47 bits per heavy atom. The summed E-state index contributed by atoms with van der Waals surface area (Å²) >= 11 is 0. The molecule has 3 heteroatoms. The summed E-state index contributed by atoms with van der Waals surface area (Å²) in [6, 6.07) is 8.04. The van der Waals surface area contributed by atoms with Crippen molar-refractivity contribution in [2.75, 3.05) is 0 Å². The lowest BCUT2D eigenvalue weighted by molar-refractivity contribution is 0.0950. The van der Waals surface area contributed by atoms with E-state index in [1.807, 2.05) is 24.3 Å². The van der Waals surface area contributed by atoms with Crippen LogP contribution in [0.2, 0.25) is 0 Å². The molecule has 1 aromatic rings. The van der Waals surface area contributed by atoms with Gasteiger partial charge in [-0.1, -0.05) is 19.1 Å². The standard InChI is InChI=1S/C12H16N2O/c1-2-8-3-5-9(6-4-8)12(15)14-11-7-10(11)13/h3-6,10-11H,2,7,13H2,1H3,(H,14,15). The van der Waals surface area contributed by atoms with E-state index in [1.165, 1.54) is 5.56 Å². The monoisotopic (exact) mass is 204 g/mol. The van der Waals surface area contributed by atoms with Crippen molar-refractivity contribution < 1.29 is 4.79 Å². The molecule has 0 aromatic heterocycles. The van der Waals surface area contributed by atoms with Crippen LogP contribution in [0, 0.1) is 0 Å². The first-order chi connectivity index (χ1) is 7.20. The molecular formula is C12H16N2O. The highest BCUT2D eigenvalue weighted by Gasteiger charge is 2.34. The summed E-state index contributed by atoms with van der Waals surface area (Å²) in [4.78, 5) is 11.7. The second kappa shape index (κ2) is 4.03. The molecular weight excluding hydrogens is 188 g/mol. The van der Waals surface area contributed by atoms with Crippen LogP contribution in [0.15, 0.2) is 24.3 Å². The Hall–Kier alpha value is -1.35. The molecule has 0 spiro atoms. The van der Waals surface area contributed by atoms with Crippen LogP contribution in [0.25, 0.3) is 0 Å². The summed E-state index contributed by atoms with van der Waals surface area (Å²) in [5, 5.41) is 2.89. The van der Waals surface area contributed by atoms with Crippen LogP contribution >= 0.6 is 0 Å². The lowest BCUT2D eigenvalue weighted by Crippen LogP contribution is -2.29. The number of amides is 1. The topological polar surface area (TPSA) is 55.1 Å². The smallest absolute Gasteiger partial charge is 0.251 e. The van der Waals surface area contributed by atoms with Crippen molar-refractivity contribution in [2.45, 2.75) is 31.8 Å². The fourth-order valence-corrected chi connectivity index (χ4v) is 1.52. The molecule has 2 rings (SSSR count). The minimum Gasteiger partial charge on any atom is -0.348 e. The van der Waals surface area contributed by atoms with Crippen molar-refractivity contribution in [3.8, 4) is 0 Å². The maximum absolute atomic E-state index is 11.7. The van der Waals surface area contributed by atoms with E-state index in [1.54, 1.807) is 0 Å². The number of benzene rings is 1. The highest BCUT2D eigenvalue weighted by molar-refractivity contribution is 5.94. The molecule has 2 unspecified atom stereocenters. The van der Waals surface area contributed by atoms with Gasteiger partial charge in [0.25, 0.3) is 5.91 Å². The van der Waals surface area contributed by atoms with Crippen LogP contribution in [0.1, 0.15) is 29.3 Å². The summed E-state index contributed by atoms with van der Waals surface area (Å²) in [5.41, 5.74) is 7.58. The molecule has 3 N–H and O–H groups in total. The van der Waals surface area contributed by atoms with E-state index in [0.717, 1.165) is 12.8 Å². The van der Waals surface area contributed by atoms with E-state index in [9.17, 15) is 4.79 Å². The molecule has 15 heavy (non-hydrogen) atoms. The third-order valence-electron chi connectivity index (χ3n) is 2.78. The fraction of sp³-hybridized carbons (Fsp3) is 0.417. The molecule has 3 nitrogen and oxygen atoms in total. The van der Waals surface area contributed by atoms with Crippen molar-refractivity contribution in [2.24, 2.45) is 5.73 Å². The largest absolute Gasteiger partial charge is 0.348 e. The Morgan fingerprint density at radius 3 is 2.53 bits per heavy atom. The number of nitrogens with two attached hydrogens (primary N) is 1. The lowest BCUT2D eigenvalue weighted by atomic mass is 10.1. The molecule has 0 saturated heterocycles. The van der Waals surface area contributed by atoms with Gasteiger partial charge >= 0.3 is 0 Å². The van der Waals surface area contributed by atoms with Crippen LogP contribution in [0.3, 0.4) is 0 Å². The summed E-state index contributed by atoms with van der Waals surface area (Å²) in [5.74, 6) is -0.0180. The number of aryl methyl sites for hydroxylation is 1. The summed E-state index contributed by atoms with van der Waals surface area (Å²) in [6.07, 6.45) is 1.90. The molecule has 1 amide bonds. The molecule has 1 fully saturated rings. The Kier molecular flexibility index (Phi) is 2.73. The van der Waals surface area contributed by atoms with Gasteiger partial charge in [0, 0.05) is 17.6 Å². The van der Waals surface area contributed by atoms with Crippen molar-refractivity contribution in [1.82, 2.24) is 5.32 Å². The molecule has 1 aliphatic carbocycles. The normalized spacial score (nSPS) is 23.6. The third-order valence-corrected chi connectivity index (χ3v) is 2.78. The van der Waals surface area contributed by atoms with E-state index in [4.69, 9.17) is 5.73 Å². The molecule has 0 heterocycles. The summed E-state index contributed by atoms with van der Waals surface area (Å²) in [6.45, 7) is 2.10. The Morgan fingerprint density at radius 2 is 2.07 bits per heavy atom. The first-order valence-corrected chi connectivity index (χ1v) is 5.36. The predicted octanol–water partition coefficient (Wildman–Crippen LogP) is 1.08. The number of hydrogen-bond donors (Lipinski definition) is 2. The zero-order valence-corrected chi connectivity index (χ0v) is 8.86. The average Bonchev–Trinajstić information content (AvgIpc) is 2.94. The minimum absolute atomic E-state index is 0.0180. The molecule has 1 aliphatic rings. The van der Waals surface area contributed by atoms with Crippen LogP contribution in [0.5, 0.6) is 0 Å². The number of carbonyl (C=O) groups excluding carboxylic acids is 1. The molecule has 0 radical (unpaired) electrons. The SMILES string of the molecule is CCc1ccc(C(=O)NC2CC2N)cc1. The van der Waals surface area contributed by atoms with Gasteiger partial charge in [-0.05, 0) is 30.5 Å². The first-order valence-electron chi connectivity index (χ1n) is 5.36. The second-order valence-electron chi connectivity index (χ2n) is 4.03. The number of rotatable bonds is 3. The van der Waals surface area contributed by atoms with Gasteiger partial charge in [-0.3, -0.25) is 4.79 Å². The van der Waals surface area contributed by atoms with E-state index in [0.29, 0.717) is 5.56 Å². The van der Waals surface area contributed by atoms with E-state index < -0.39 is 0 Å². The van der Waals surface area contributed by atoms with Crippen molar-refractivity contribution in [3.63, 3.8) is 0 Å². The Balaban J connectivity index is 1.99. The van der Waals surface area contributed by atoms with Crippen molar-refractivity contribution >= 4 is 5.91 Å². The van der Waals surface area contributed by atoms with Crippen molar-refractivity contribution in [3.05, 3.63) is 35.4 Å². The fourth-order valence-electron chi connectivity index (χ4n) is 1.52. The first kappa shape index (κ1) is 10.2. The number of nitrogens with one attached hydrogen (secondary N) is 1. The zero-order valence-electron chi connectivity index (χ0n) is 8.86. The van der Waals surface area contributed by atoms with Gasteiger partial charge in [-0.25, -0.2) is 0 Å². The van der Waals surface area contributed by atoms with Crippen LogP contribution < -0.4 is 11.1 Å². The zero-order chi connectivity index (χ0) is 10.8. The highest BCUT2D eigenvalue weighted by atomic mass is 16.1. The maximum atomic E-state index is 11.7. The molecule has 80 valence electrons. The Labute approximate surface area is 89.7 Å². The predicted molar refractivity (Wildman–Crippen MR) is 59.7 cm³/mol. The minimum atomic E-state index is -0.0180. The third kappa shape index (κ3) is 2.36. The molecule has 2 atom stereocenters. The van der Waals surface area contributed by atoms with Gasteiger partial charge in [0.05, 0.1) is 0 Å². The molecule has 1 saturated carbocycles. The van der Waals surface area contributed by atoms with E-state index in [-0.39, 0.29) is 18.0 Å². The molecule has 0 aliphatic heterocycles. The van der Waals surface area contributed by atoms with E-state index >= 15 is 0 Å². The summed E-state index contributed by atoms with van der Waals surface area (Å²) in [7, 11) is 0. The molecule has 0 bridgehead atoms. The maximum Gasteiger partial charge on any atom is 0.251 e. The van der Waals surface area contributed by atoms with Gasteiger partial charge in [0.1, 0.15) is 0 Å². The van der Waals surface area contributed by atoms with Crippen LogP contribution in [-0.2, 0) is 6.42 Å². The van der Waals surface area contributed by atoms with Gasteiger partial charge in [0.15, 0.2) is 0 Å². The summed E-state index contributed by atoms with van der Waals surface area (Å²) < 4.78 is 0. The van der Waals surface area contributed by atoms with Gasteiger partial charge in [0.2, 0.25) is 0 Å². The van der Waals surface area contributed by atoms with Crippen molar-refractivity contribution in [1.29, 1.82) is 0 Å². The van der Waals surface area contributed by atoms with Gasteiger partial charge < -0.3 is 11.1 Å². The average molecular weight is 204 g/mol. The lowest BCUT2D eigenvalue weighted by Gasteiger charge is -2.04. The van der Waals surface area contributed by atoms with Crippen LogP contribution in [0.4, 0.5) is 0 Å². The highest BCUT2D eigenvalue weighted by Crippen LogP contribution is 2.18. The van der Waals surface area contributed by atoms with Gasteiger partial charge in [-0.2, -0.15) is 0 Å². The van der Waals surface area contributed by atoms with E-state index in [2.05, 4.69) is 12.2 Å². The van der Waals surface area contributed by atoms with Gasteiger partial charge in [-0.15, -0.1) is 0 Å². The quantitative estimate of drug-likeness (QED) is 0.774. The van der Waals surface area contributed by atoms with Crippen LogP contribution in [-0.4, -0.2) is 18.0 Å². The second-order valence-corrected chi connectivity index (χ2v) is 4.03. The number of carbonyl (C=O) groups is 1. The molecule has 1 aromatic carbocycles.